The maximum atomic E-state index is 14.2. The van der Waals surface area contributed by atoms with Gasteiger partial charge in [0.1, 0.15) is 10.7 Å². The lowest BCUT2D eigenvalue weighted by Gasteiger charge is -2.20. The average molecular weight is 368 g/mol. The standard InChI is InChI=1S/C12H15BrFNO4S/c13-10-6-9(8-16)12(14)11(7-10)20(17,18)15-2-1-4-19-5-3-15/h6-7,16H,1-5,8H2. The van der Waals surface area contributed by atoms with E-state index in [4.69, 9.17) is 9.84 Å². The van der Waals surface area contributed by atoms with Crippen LogP contribution in [0.4, 0.5) is 4.39 Å². The molecule has 0 saturated carbocycles. The summed E-state index contributed by atoms with van der Waals surface area (Å²) in [6.45, 7) is 0.721. The summed E-state index contributed by atoms with van der Waals surface area (Å²) < 4.78 is 46.0. The molecule has 0 spiro atoms. The molecule has 1 aromatic rings. The van der Waals surface area contributed by atoms with Gasteiger partial charge in [0.2, 0.25) is 10.0 Å². The highest BCUT2D eigenvalue weighted by molar-refractivity contribution is 9.10. The van der Waals surface area contributed by atoms with E-state index in [1.807, 2.05) is 0 Å². The lowest BCUT2D eigenvalue weighted by molar-refractivity contribution is 0.148. The number of hydrogen-bond donors (Lipinski definition) is 1. The van der Waals surface area contributed by atoms with E-state index in [0.717, 1.165) is 0 Å². The number of aliphatic hydroxyl groups is 1. The molecule has 112 valence electrons. The summed E-state index contributed by atoms with van der Waals surface area (Å²) in [4.78, 5) is -0.419. The van der Waals surface area contributed by atoms with Gasteiger partial charge in [-0.05, 0) is 18.6 Å². The highest BCUT2D eigenvalue weighted by Crippen LogP contribution is 2.27. The summed E-state index contributed by atoms with van der Waals surface area (Å²) in [5.41, 5.74) is -0.0518. The van der Waals surface area contributed by atoms with Crippen molar-refractivity contribution in [2.75, 3.05) is 26.3 Å². The van der Waals surface area contributed by atoms with Crippen LogP contribution in [0.5, 0.6) is 0 Å². The Labute approximate surface area is 125 Å². The van der Waals surface area contributed by atoms with E-state index in [9.17, 15) is 12.8 Å². The lowest BCUT2D eigenvalue weighted by atomic mass is 10.2. The van der Waals surface area contributed by atoms with Crippen molar-refractivity contribution in [3.05, 3.63) is 28.0 Å². The fraction of sp³-hybridized carbons (Fsp3) is 0.500. The van der Waals surface area contributed by atoms with Gasteiger partial charge in [0, 0.05) is 29.7 Å². The average Bonchev–Trinajstić information content (AvgIpc) is 2.70. The monoisotopic (exact) mass is 367 g/mol. The van der Waals surface area contributed by atoms with Crippen LogP contribution in [0.2, 0.25) is 0 Å². The molecule has 1 saturated heterocycles. The molecule has 5 nitrogen and oxygen atoms in total. The minimum Gasteiger partial charge on any atom is -0.392 e. The molecule has 0 aliphatic carbocycles. The van der Waals surface area contributed by atoms with Crippen molar-refractivity contribution in [2.45, 2.75) is 17.9 Å². The van der Waals surface area contributed by atoms with Gasteiger partial charge in [-0.25, -0.2) is 12.8 Å². The molecule has 20 heavy (non-hydrogen) atoms. The molecule has 1 N–H and O–H groups in total. The molecule has 0 bridgehead atoms. The highest BCUT2D eigenvalue weighted by atomic mass is 79.9. The zero-order chi connectivity index (χ0) is 14.8. The number of hydrogen-bond acceptors (Lipinski definition) is 4. The predicted molar refractivity (Wildman–Crippen MR) is 74.2 cm³/mol. The van der Waals surface area contributed by atoms with Crippen molar-refractivity contribution in [2.24, 2.45) is 0 Å². The fourth-order valence-electron chi connectivity index (χ4n) is 2.02. The molecule has 8 heteroatoms. The number of halogens is 2. The number of aliphatic hydroxyl groups excluding tert-OH is 1. The van der Waals surface area contributed by atoms with E-state index in [0.29, 0.717) is 30.7 Å². The van der Waals surface area contributed by atoms with E-state index in [1.165, 1.54) is 16.4 Å². The Morgan fingerprint density at radius 1 is 1.35 bits per heavy atom. The Morgan fingerprint density at radius 3 is 2.80 bits per heavy atom. The van der Waals surface area contributed by atoms with Gasteiger partial charge in [0.25, 0.3) is 0 Å². The number of benzene rings is 1. The quantitative estimate of drug-likeness (QED) is 0.878. The van der Waals surface area contributed by atoms with Gasteiger partial charge in [-0.15, -0.1) is 0 Å². The highest BCUT2D eigenvalue weighted by Gasteiger charge is 2.29. The van der Waals surface area contributed by atoms with Crippen molar-refractivity contribution in [3.63, 3.8) is 0 Å². The van der Waals surface area contributed by atoms with Crippen molar-refractivity contribution < 1.29 is 22.7 Å². The largest absolute Gasteiger partial charge is 0.392 e. The SMILES string of the molecule is O=S(=O)(c1cc(Br)cc(CO)c1F)N1CCCOCC1. The molecule has 1 aromatic carbocycles. The number of ether oxygens (including phenoxy) is 1. The van der Waals surface area contributed by atoms with Crippen molar-refractivity contribution in [3.8, 4) is 0 Å². The third-order valence-corrected chi connectivity index (χ3v) is 5.40. The minimum absolute atomic E-state index is 0.0518. The molecule has 0 unspecified atom stereocenters. The van der Waals surface area contributed by atoms with Gasteiger partial charge >= 0.3 is 0 Å². The molecular weight excluding hydrogens is 353 g/mol. The summed E-state index contributed by atoms with van der Waals surface area (Å²) in [5.74, 6) is -0.902. The Bertz CT molecular complexity index is 585. The topological polar surface area (TPSA) is 66.8 Å². The molecule has 1 heterocycles. The van der Waals surface area contributed by atoms with Gasteiger partial charge in [-0.1, -0.05) is 15.9 Å². The van der Waals surface area contributed by atoms with Crippen LogP contribution >= 0.6 is 15.9 Å². The second-order valence-corrected chi connectivity index (χ2v) is 7.23. The summed E-state index contributed by atoms with van der Waals surface area (Å²) in [6, 6.07) is 2.58. The Hall–Kier alpha value is -0.540. The first-order valence-electron chi connectivity index (χ1n) is 6.13. The molecular formula is C12H15BrFNO4S. The summed E-state index contributed by atoms with van der Waals surface area (Å²) >= 11 is 3.13. The van der Waals surface area contributed by atoms with Gasteiger partial charge < -0.3 is 9.84 Å². The molecule has 1 aliphatic heterocycles. The normalized spacial score (nSPS) is 17.9. The van der Waals surface area contributed by atoms with Gasteiger partial charge in [0.05, 0.1) is 13.2 Å². The van der Waals surface area contributed by atoms with Crippen LogP contribution in [0.3, 0.4) is 0 Å². The van der Waals surface area contributed by atoms with E-state index in [-0.39, 0.29) is 12.1 Å². The Balaban J connectivity index is 2.45. The van der Waals surface area contributed by atoms with E-state index < -0.39 is 27.3 Å². The van der Waals surface area contributed by atoms with Crippen LogP contribution in [-0.2, 0) is 21.4 Å². The van der Waals surface area contributed by atoms with E-state index >= 15 is 0 Å². The minimum atomic E-state index is -3.93. The number of sulfonamides is 1. The fourth-order valence-corrected chi connectivity index (χ4v) is 4.28. The predicted octanol–water partition coefficient (Wildman–Crippen LogP) is 1.49. The molecule has 0 aromatic heterocycles. The second kappa shape index (κ2) is 6.48. The second-order valence-electron chi connectivity index (χ2n) is 4.41. The number of rotatable bonds is 3. The van der Waals surface area contributed by atoms with Crippen molar-refractivity contribution in [1.82, 2.24) is 4.31 Å². The first-order valence-corrected chi connectivity index (χ1v) is 8.37. The van der Waals surface area contributed by atoms with Crippen LogP contribution in [0.15, 0.2) is 21.5 Å². The van der Waals surface area contributed by atoms with Crippen LogP contribution in [0.1, 0.15) is 12.0 Å². The van der Waals surface area contributed by atoms with Crippen LogP contribution in [0, 0.1) is 5.82 Å². The lowest BCUT2D eigenvalue weighted by Crippen LogP contribution is -2.34. The zero-order valence-electron chi connectivity index (χ0n) is 10.7. The molecule has 1 aliphatic rings. The molecule has 0 radical (unpaired) electrons. The maximum Gasteiger partial charge on any atom is 0.246 e. The third-order valence-electron chi connectivity index (χ3n) is 3.05. The van der Waals surface area contributed by atoms with E-state index in [2.05, 4.69) is 15.9 Å². The van der Waals surface area contributed by atoms with Crippen molar-refractivity contribution >= 4 is 26.0 Å². The van der Waals surface area contributed by atoms with Gasteiger partial charge in [-0.2, -0.15) is 4.31 Å². The van der Waals surface area contributed by atoms with Crippen LogP contribution < -0.4 is 0 Å². The van der Waals surface area contributed by atoms with Gasteiger partial charge in [0.15, 0.2) is 0 Å². The smallest absolute Gasteiger partial charge is 0.246 e. The zero-order valence-corrected chi connectivity index (χ0v) is 13.1. The van der Waals surface area contributed by atoms with Gasteiger partial charge in [-0.3, -0.25) is 0 Å². The molecule has 1 fully saturated rings. The van der Waals surface area contributed by atoms with Crippen LogP contribution in [-0.4, -0.2) is 44.1 Å². The van der Waals surface area contributed by atoms with E-state index in [1.54, 1.807) is 0 Å². The summed E-state index contributed by atoms with van der Waals surface area (Å²) in [7, 11) is -3.93. The first-order chi connectivity index (χ1) is 9.46. The third kappa shape index (κ3) is 3.20. The molecule has 2 rings (SSSR count). The number of nitrogens with zero attached hydrogens (tertiary/aromatic N) is 1. The first kappa shape index (κ1) is 15.8. The van der Waals surface area contributed by atoms with Crippen LogP contribution in [0.25, 0.3) is 0 Å². The Kier molecular flexibility index (Phi) is 5.14. The summed E-state index contributed by atoms with van der Waals surface area (Å²) in [5, 5.41) is 9.10. The summed E-state index contributed by atoms with van der Waals surface area (Å²) in [6.07, 6.45) is 0.571. The van der Waals surface area contributed by atoms with Crippen molar-refractivity contribution in [1.29, 1.82) is 0 Å². The molecule has 0 amide bonds. The maximum absolute atomic E-state index is 14.2. The molecule has 0 atom stereocenters. The Morgan fingerprint density at radius 2 is 2.10 bits per heavy atom.